The van der Waals surface area contributed by atoms with Gasteiger partial charge in [-0.1, -0.05) is 77.1 Å². The van der Waals surface area contributed by atoms with Gasteiger partial charge in [-0.2, -0.15) is 0 Å². The lowest BCUT2D eigenvalue weighted by atomic mass is 9.73. The monoisotopic (exact) mass is 757 g/mol. The Balaban J connectivity index is 1.78. The third-order valence-electron chi connectivity index (χ3n) is 10.1. The highest BCUT2D eigenvalue weighted by Gasteiger charge is 2.85. The van der Waals surface area contributed by atoms with E-state index < -0.39 is 65.3 Å². The molecule has 2 bridgehead atoms. The molecule has 2 fully saturated rings. The summed E-state index contributed by atoms with van der Waals surface area (Å²) in [5, 5.41) is 26.1. The van der Waals surface area contributed by atoms with Crippen molar-refractivity contribution in [2.45, 2.75) is 108 Å². The van der Waals surface area contributed by atoms with Crippen LogP contribution in [0.4, 0.5) is 0 Å². The van der Waals surface area contributed by atoms with Crippen LogP contribution < -0.4 is 0 Å². The number of aliphatic hydroxyl groups excluding tert-OH is 1. The Bertz CT molecular complexity index is 1630. The van der Waals surface area contributed by atoms with Crippen molar-refractivity contribution in [2.75, 3.05) is 14.2 Å². The van der Waals surface area contributed by atoms with Crippen LogP contribution in [-0.4, -0.2) is 88.6 Å². The molecule has 2 aromatic rings. The SMILES string of the molecule is C=C(CC[C@@]12O[C@H](c3cscn3)[C@@](O)(C(=O)OC)[C@@](C(=O)OC)(O1)[C@H](OC(=O)/C=C/[C@@H](C)C[C@@H](C)CC)[C@H]2O)[C@@H](OC(C)=O)[C@H](C)Cc1ccccc1. The smallest absolute Gasteiger partial charge is 0.346 e. The van der Waals surface area contributed by atoms with Crippen LogP contribution in [0.3, 0.4) is 0 Å². The van der Waals surface area contributed by atoms with Crippen LogP contribution >= 0.6 is 11.3 Å². The number of esters is 4. The normalized spacial score (nSPS) is 28.7. The molecule has 53 heavy (non-hydrogen) atoms. The molecule has 0 radical (unpaired) electrons. The van der Waals surface area contributed by atoms with Crippen molar-refractivity contribution in [1.29, 1.82) is 0 Å². The third-order valence-corrected chi connectivity index (χ3v) is 10.7. The number of fused-ring (bicyclic) bond motifs is 2. The minimum absolute atomic E-state index is 0.00916. The number of aliphatic hydroxyl groups is 2. The fourth-order valence-corrected chi connectivity index (χ4v) is 7.83. The zero-order valence-corrected chi connectivity index (χ0v) is 32.1. The first-order valence-corrected chi connectivity index (χ1v) is 18.6. The van der Waals surface area contributed by atoms with E-state index in [1.165, 1.54) is 17.8 Å². The van der Waals surface area contributed by atoms with Gasteiger partial charge in [0.2, 0.25) is 17.0 Å². The van der Waals surface area contributed by atoms with Crippen molar-refractivity contribution in [3.8, 4) is 0 Å². The third kappa shape index (κ3) is 8.41. The number of carbonyl (C=O) groups excluding carboxylic acids is 4. The number of allylic oxidation sites excluding steroid dienone is 1. The molecule has 0 unspecified atom stereocenters. The predicted molar refractivity (Wildman–Crippen MR) is 193 cm³/mol. The highest BCUT2D eigenvalue weighted by molar-refractivity contribution is 7.07. The standard InChI is InChI=1S/C39H51NO12S/c1-9-23(2)19-24(3)15-16-30(42)50-34-32(43)37(18-17-25(4)31(49-27(6)41)26(5)20-28-13-11-10-12-14-28)51-33(29-21-53-22-40-29)38(46,35(44)47-7)39(34,52-37)36(45)48-8/h10-16,21-24,26,31-34,43,46H,4,9,17-20H2,1-3,5-8H3/b16-15+/t23-,24+,26+,31+,32+,33+,34+,37+,38+,39+/m0/s1. The summed E-state index contributed by atoms with van der Waals surface area (Å²) in [6.45, 7) is 13.5. The van der Waals surface area contributed by atoms with E-state index in [2.05, 4.69) is 25.4 Å². The quantitative estimate of drug-likeness (QED) is 0.0975. The molecule has 290 valence electrons. The van der Waals surface area contributed by atoms with Gasteiger partial charge in [0, 0.05) is 30.7 Å². The van der Waals surface area contributed by atoms with Crippen molar-refractivity contribution in [3.63, 3.8) is 0 Å². The van der Waals surface area contributed by atoms with E-state index in [1.807, 2.05) is 44.2 Å². The average Bonchev–Trinajstić information content (AvgIpc) is 3.75. The van der Waals surface area contributed by atoms with E-state index >= 15 is 0 Å². The number of benzene rings is 1. The summed E-state index contributed by atoms with van der Waals surface area (Å²) in [4.78, 5) is 57.7. The summed E-state index contributed by atoms with van der Waals surface area (Å²) in [6, 6.07) is 9.63. The molecule has 0 amide bonds. The molecule has 2 N–H and O–H groups in total. The molecule has 4 rings (SSSR count). The van der Waals surface area contributed by atoms with Crippen molar-refractivity contribution >= 4 is 35.2 Å². The van der Waals surface area contributed by atoms with Crippen LogP contribution in [0.15, 0.2) is 65.5 Å². The van der Waals surface area contributed by atoms with Crippen molar-refractivity contribution in [1.82, 2.24) is 4.98 Å². The van der Waals surface area contributed by atoms with E-state index in [9.17, 15) is 29.4 Å². The molecule has 2 aliphatic rings. The molecule has 0 aliphatic carbocycles. The molecule has 13 nitrogen and oxygen atoms in total. The molecule has 10 atom stereocenters. The van der Waals surface area contributed by atoms with Crippen molar-refractivity contribution in [2.24, 2.45) is 17.8 Å². The second kappa shape index (κ2) is 17.5. The summed E-state index contributed by atoms with van der Waals surface area (Å²) in [5.41, 5.74) is -3.13. The minimum Gasteiger partial charge on any atom is -0.467 e. The van der Waals surface area contributed by atoms with Gasteiger partial charge in [0.15, 0.2) is 6.10 Å². The molecule has 0 saturated carbocycles. The van der Waals surface area contributed by atoms with Gasteiger partial charge in [0.1, 0.15) is 18.3 Å². The molecular weight excluding hydrogens is 706 g/mol. The molecule has 14 heteroatoms. The molecular formula is C39H51NO12S. The molecule has 2 saturated heterocycles. The topological polar surface area (TPSA) is 177 Å². The number of carbonyl (C=O) groups is 4. The first-order valence-electron chi connectivity index (χ1n) is 17.7. The highest BCUT2D eigenvalue weighted by atomic mass is 32.1. The molecule has 3 heterocycles. The summed E-state index contributed by atoms with van der Waals surface area (Å²) in [5.74, 6) is -6.34. The Labute approximate surface area is 314 Å². The number of hydrogen-bond donors (Lipinski definition) is 2. The summed E-state index contributed by atoms with van der Waals surface area (Å²) in [6.07, 6.45) is -1.81. The van der Waals surface area contributed by atoms with E-state index in [4.69, 9.17) is 28.4 Å². The van der Waals surface area contributed by atoms with Gasteiger partial charge in [0.05, 0.1) is 25.4 Å². The second-order valence-corrected chi connectivity index (χ2v) is 14.8. The van der Waals surface area contributed by atoms with E-state index in [-0.39, 0.29) is 30.4 Å². The molecule has 1 aromatic carbocycles. The van der Waals surface area contributed by atoms with Crippen LogP contribution in [0.1, 0.15) is 77.7 Å². The maximum atomic E-state index is 14.0. The molecule has 1 aromatic heterocycles. The lowest BCUT2D eigenvalue weighted by Crippen LogP contribution is -2.74. The van der Waals surface area contributed by atoms with Crippen LogP contribution in [-0.2, 0) is 54.0 Å². The number of nitrogens with zero attached hydrogens (tertiary/aromatic N) is 1. The average molecular weight is 758 g/mol. The van der Waals surface area contributed by atoms with Crippen molar-refractivity contribution < 1.29 is 57.8 Å². The van der Waals surface area contributed by atoms with Gasteiger partial charge >= 0.3 is 23.9 Å². The van der Waals surface area contributed by atoms with Gasteiger partial charge < -0.3 is 38.6 Å². The van der Waals surface area contributed by atoms with Gasteiger partial charge in [0.25, 0.3) is 0 Å². The molecule has 0 spiro atoms. The fourth-order valence-electron chi connectivity index (χ4n) is 7.26. The summed E-state index contributed by atoms with van der Waals surface area (Å²) in [7, 11) is 1.97. The first kappa shape index (κ1) is 41.8. The highest BCUT2D eigenvalue weighted by Crippen LogP contribution is 2.60. The predicted octanol–water partition coefficient (Wildman–Crippen LogP) is 4.80. The first-order chi connectivity index (χ1) is 25.1. The maximum Gasteiger partial charge on any atom is 0.346 e. The van der Waals surface area contributed by atoms with Crippen LogP contribution in [0.2, 0.25) is 0 Å². The van der Waals surface area contributed by atoms with Crippen molar-refractivity contribution in [3.05, 3.63) is 76.8 Å². The fraction of sp³-hybridized carbons (Fsp3) is 0.564. The van der Waals surface area contributed by atoms with E-state index in [1.54, 1.807) is 6.08 Å². The maximum absolute atomic E-state index is 14.0. The largest absolute Gasteiger partial charge is 0.467 e. The number of hydrogen-bond acceptors (Lipinski definition) is 14. The Kier molecular flexibility index (Phi) is 13.8. The number of thiazole rings is 1. The van der Waals surface area contributed by atoms with Crippen LogP contribution in [0.5, 0.6) is 0 Å². The van der Waals surface area contributed by atoms with Crippen LogP contribution in [0.25, 0.3) is 0 Å². The van der Waals surface area contributed by atoms with Crippen LogP contribution in [0, 0.1) is 17.8 Å². The lowest BCUT2D eigenvalue weighted by Gasteiger charge is -2.50. The van der Waals surface area contributed by atoms with Gasteiger partial charge in [-0.3, -0.25) is 4.79 Å². The number of ether oxygens (including phenoxy) is 6. The number of rotatable bonds is 17. The zero-order valence-electron chi connectivity index (χ0n) is 31.3. The molecule has 2 aliphatic heterocycles. The van der Waals surface area contributed by atoms with E-state index in [0.717, 1.165) is 50.0 Å². The van der Waals surface area contributed by atoms with Gasteiger partial charge in [-0.05, 0) is 42.2 Å². The summed E-state index contributed by atoms with van der Waals surface area (Å²) < 4.78 is 34.3. The van der Waals surface area contributed by atoms with Gasteiger partial charge in [-0.25, -0.2) is 19.4 Å². The number of methoxy groups -OCH3 is 2. The van der Waals surface area contributed by atoms with Gasteiger partial charge in [-0.15, -0.1) is 11.3 Å². The second-order valence-electron chi connectivity index (χ2n) is 14.1. The van der Waals surface area contributed by atoms with E-state index in [0.29, 0.717) is 17.9 Å². The lowest BCUT2D eigenvalue weighted by molar-refractivity contribution is -0.383. The number of aromatic nitrogens is 1. The Morgan fingerprint density at radius 1 is 1.09 bits per heavy atom. The Hall–Kier alpha value is -3.95. The summed E-state index contributed by atoms with van der Waals surface area (Å²) >= 11 is 1.12. The minimum atomic E-state index is -3.09. The Morgan fingerprint density at radius 2 is 1.77 bits per heavy atom. The zero-order chi connectivity index (χ0) is 39.1. The Morgan fingerprint density at radius 3 is 2.36 bits per heavy atom.